The second-order valence-electron chi connectivity index (χ2n) is 5.41. The molecule has 2 N–H and O–H groups in total. The van der Waals surface area contributed by atoms with E-state index in [1.165, 1.54) is 11.8 Å². The van der Waals surface area contributed by atoms with Gasteiger partial charge in [-0.3, -0.25) is 4.79 Å². The molecule has 2 aromatic heterocycles. The third kappa shape index (κ3) is 3.03. The number of aryl methyl sites for hydroxylation is 2. The van der Waals surface area contributed by atoms with E-state index in [4.69, 9.17) is 0 Å². The molecule has 0 unspecified atom stereocenters. The molecule has 24 heavy (non-hydrogen) atoms. The molecule has 7 heteroatoms. The highest BCUT2D eigenvalue weighted by Gasteiger charge is 2.18. The summed E-state index contributed by atoms with van der Waals surface area (Å²) in [5.41, 5.74) is 3.00. The van der Waals surface area contributed by atoms with Crippen LogP contribution in [0.4, 0.5) is 0 Å². The zero-order valence-electron chi connectivity index (χ0n) is 13.7. The molecule has 0 fully saturated rings. The first kappa shape index (κ1) is 16.2. The Morgan fingerprint density at radius 3 is 2.75 bits per heavy atom. The molecule has 2 heterocycles. The lowest BCUT2D eigenvalue weighted by Crippen LogP contribution is -2.10. The van der Waals surface area contributed by atoms with Gasteiger partial charge >= 0.3 is 0 Å². The quantitative estimate of drug-likeness (QED) is 0.432. The van der Waals surface area contributed by atoms with Gasteiger partial charge in [0.15, 0.2) is 5.82 Å². The van der Waals surface area contributed by atoms with Crippen LogP contribution in [0.25, 0.3) is 16.6 Å². The van der Waals surface area contributed by atoms with E-state index >= 15 is 0 Å². The van der Waals surface area contributed by atoms with Crippen LogP contribution in [0.2, 0.25) is 0 Å². The fourth-order valence-corrected chi connectivity index (χ4v) is 2.88. The Hall–Kier alpha value is -2.67. The van der Waals surface area contributed by atoms with Crippen molar-refractivity contribution in [2.45, 2.75) is 13.8 Å². The van der Waals surface area contributed by atoms with Gasteiger partial charge in [0.1, 0.15) is 16.6 Å². The minimum Gasteiger partial charge on any atom is -0.360 e. The highest BCUT2D eigenvalue weighted by Crippen LogP contribution is 2.23. The van der Waals surface area contributed by atoms with Gasteiger partial charge in [0.2, 0.25) is 5.78 Å². The summed E-state index contributed by atoms with van der Waals surface area (Å²) >= 11 is 1.28. The summed E-state index contributed by atoms with van der Waals surface area (Å²) in [7, 11) is 0. The summed E-state index contributed by atoms with van der Waals surface area (Å²) in [5, 5.41) is 9.08. The first-order valence-corrected chi connectivity index (χ1v) is 8.55. The van der Waals surface area contributed by atoms with Crippen LogP contribution in [0.1, 0.15) is 27.6 Å². The van der Waals surface area contributed by atoms with E-state index in [2.05, 4.69) is 31.7 Å². The molecule has 0 saturated heterocycles. The van der Waals surface area contributed by atoms with Crippen molar-refractivity contribution in [3.05, 3.63) is 53.8 Å². The van der Waals surface area contributed by atoms with Crippen molar-refractivity contribution in [3.8, 4) is 0 Å². The van der Waals surface area contributed by atoms with Gasteiger partial charge < -0.3 is 9.97 Å². The Balaban J connectivity index is 1.97. The van der Waals surface area contributed by atoms with Crippen molar-refractivity contribution in [2.24, 2.45) is 4.99 Å². The van der Waals surface area contributed by atoms with Crippen LogP contribution in [-0.2, 0) is 0 Å². The van der Waals surface area contributed by atoms with Crippen LogP contribution in [-0.4, -0.2) is 37.2 Å². The lowest BCUT2D eigenvalue weighted by atomic mass is 10.1. The first-order valence-electron chi connectivity index (χ1n) is 7.33. The van der Waals surface area contributed by atoms with Crippen molar-refractivity contribution in [1.82, 2.24) is 20.2 Å². The number of aliphatic imine (C=N–C) groups is 1. The Kier molecular flexibility index (Phi) is 4.35. The highest BCUT2D eigenvalue weighted by molar-refractivity contribution is 8.15. The maximum absolute atomic E-state index is 12.9. The van der Waals surface area contributed by atoms with Crippen LogP contribution in [0.15, 0.2) is 36.0 Å². The van der Waals surface area contributed by atoms with Crippen molar-refractivity contribution >= 4 is 39.2 Å². The zero-order chi connectivity index (χ0) is 17.3. The summed E-state index contributed by atoms with van der Waals surface area (Å²) in [6.07, 6.45) is 3.54. The number of H-pyrrole nitrogens is 2. The second-order valence-corrected chi connectivity index (χ2v) is 6.20. The maximum atomic E-state index is 12.9. The molecule has 0 atom stereocenters. The number of rotatable bonds is 4. The number of aromatic nitrogens is 4. The summed E-state index contributed by atoms with van der Waals surface area (Å²) < 4.78 is 0. The SMILES string of the molecule is C=C(/N=C(\SC)C(=O)c1c[nH]c2ccc(C)cc12)c1nnc(C)[nH]1. The van der Waals surface area contributed by atoms with Crippen molar-refractivity contribution in [1.29, 1.82) is 0 Å². The van der Waals surface area contributed by atoms with Gasteiger partial charge in [-0.2, -0.15) is 0 Å². The summed E-state index contributed by atoms with van der Waals surface area (Å²) in [6.45, 7) is 7.66. The average Bonchev–Trinajstić information content (AvgIpc) is 3.17. The fourth-order valence-electron chi connectivity index (χ4n) is 2.38. The largest absolute Gasteiger partial charge is 0.360 e. The predicted octanol–water partition coefficient (Wildman–Crippen LogP) is 3.52. The van der Waals surface area contributed by atoms with Crippen LogP contribution >= 0.6 is 11.8 Å². The number of nitrogens with one attached hydrogen (secondary N) is 2. The summed E-state index contributed by atoms with van der Waals surface area (Å²) in [6, 6.07) is 5.96. The molecule has 0 aliphatic rings. The number of ketones is 1. The van der Waals surface area contributed by atoms with Crippen LogP contribution in [0, 0.1) is 13.8 Å². The molecule has 0 bridgehead atoms. The third-order valence-corrected chi connectivity index (χ3v) is 4.24. The van der Waals surface area contributed by atoms with E-state index in [-0.39, 0.29) is 5.78 Å². The molecule has 0 aliphatic heterocycles. The maximum Gasteiger partial charge on any atom is 0.220 e. The van der Waals surface area contributed by atoms with E-state index in [0.717, 1.165) is 16.5 Å². The molecular weight excluding hydrogens is 322 g/mol. The van der Waals surface area contributed by atoms with Gasteiger partial charge in [-0.25, -0.2) is 4.99 Å². The van der Waals surface area contributed by atoms with E-state index in [1.807, 2.05) is 31.4 Å². The molecule has 6 nitrogen and oxygen atoms in total. The number of thioether (sulfide) groups is 1. The number of nitrogens with zero attached hydrogens (tertiary/aromatic N) is 3. The molecule has 122 valence electrons. The van der Waals surface area contributed by atoms with Crippen molar-refractivity contribution < 1.29 is 4.79 Å². The molecule has 3 rings (SSSR count). The average molecular weight is 339 g/mol. The number of aromatic amines is 2. The van der Waals surface area contributed by atoms with Crippen molar-refractivity contribution in [3.63, 3.8) is 0 Å². The zero-order valence-corrected chi connectivity index (χ0v) is 14.5. The number of carbonyl (C=O) groups excluding carboxylic acids is 1. The van der Waals surface area contributed by atoms with E-state index < -0.39 is 0 Å². The van der Waals surface area contributed by atoms with Gasteiger partial charge in [0.25, 0.3) is 0 Å². The Bertz CT molecular complexity index is 966. The van der Waals surface area contributed by atoms with Crippen molar-refractivity contribution in [2.75, 3.05) is 6.26 Å². The van der Waals surface area contributed by atoms with Crippen LogP contribution < -0.4 is 0 Å². The lowest BCUT2D eigenvalue weighted by Gasteiger charge is -2.03. The first-order chi connectivity index (χ1) is 11.5. The molecular formula is C17H17N5OS. The number of fused-ring (bicyclic) bond motifs is 1. The van der Waals surface area contributed by atoms with E-state index in [9.17, 15) is 4.79 Å². The Morgan fingerprint density at radius 1 is 1.29 bits per heavy atom. The smallest absolute Gasteiger partial charge is 0.220 e. The summed E-state index contributed by atoms with van der Waals surface area (Å²) in [4.78, 5) is 23.3. The third-order valence-electron chi connectivity index (χ3n) is 3.58. The van der Waals surface area contributed by atoms with Gasteiger partial charge in [0, 0.05) is 17.1 Å². The lowest BCUT2D eigenvalue weighted by molar-refractivity contribution is 0.107. The highest BCUT2D eigenvalue weighted by atomic mass is 32.2. The number of hydrogen-bond donors (Lipinski definition) is 2. The Labute approximate surface area is 143 Å². The monoisotopic (exact) mass is 339 g/mol. The molecule has 0 saturated carbocycles. The Morgan fingerprint density at radius 2 is 2.08 bits per heavy atom. The topological polar surface area (TPSA) is 86.8 Å². The fraction of sp³-hybridized carbons (Fsp3) is 0.176. The number of carbonyl (C=O) groups is 1. The number of Topliss-reactive ketones (excluding diaryl/α,β-unsaturated/α-hetero) is 1. The number of benzene rings is 1. The van der Waals surface area contributed by atoms with Gasteiger partial charge in [0.05, 0.1) is 5.56 Å². The van der Waals surface area contributed by atoms with Gasteiger partial charge in [-0.05, 0) is 32.2 Å². The second kappa shape index (κ2) is 6.45. The number of hydrogen-bond acceptors (Lipinski definition) is 5. The predicted molar refractivity (Wildman–Crippen MR) is 98.5 cm³/mol. The molecule has 0 amide bonds. The molecule has 1 aromatic carbocycles. The standard InChI is InChI=1S/C17H17N5OS/c1-9-5-6-14-12(7-9)13(8-18-14)15(23)17(24-4)19-10(2)16-20-11(3)21-22-16/h5-8,18H,2H2,1,3-4H3,(H,20,21,22)/b19-17-. The van der Waals surface area contributed by atoms with Gasteiger partial charge in [-0.1, -0.05) is 18.2 Å². The summed E-state index contributed by atoms with van der Waals surface area (Å²) in [5.74, 6) is 0.990. The van der Waals surface area contributed by atoms with Gasteiger partial charge in [-0.15, -0.1) is 22.0 Å². The minimum atomic E-state index is -0.142. The normalized spacial score (nSPS) is 11.9. The molecule has 0 aliphatic carbocycles. The van der Waals surface area contributed by atoms with Crippen LogP contribution in [0.5, 0.6) is 0 Å². The molecule has 3 aromatic rings. The molecule has 0 radical (unpaired) electrons. The molecule has 0 spiro atoms. The van der Waals surface area contributed by atoms with Crippen LogP contribution in [0.3, 0.4) is 0 Å². The van der Waals surface area contributed by atoms with E-state index in [0.29, 0.717) is 28.0 Å². The van der Waals surface area contributed by atoms with E-state index in [1.54, 1.807) is 13.1 Å². The minimum absolute atomic E-state index is 0.142.